The molecule has 3 atom stereocenters. The van der Waals surface area contributed by atoms with Gasteiger partial charge in [0.1, 0.15) is 0 Å². The van der Waals surface area contributed by atoms with E-state index in [2.05, 4.69) is 0 Å². The van der Waals surface area contributed by atoms with Crippen molar-refractivity contribution in [1.29, 1.82) is 0 Å². The molecule has 1 aliphatic carbocycles. The van der Waals surface area contributed by atoms with E-state index in [9.17, 15) is 9.90 Å². The van der Waals surface area contributed by atoms with E-state index in [1.54, 1.807) is 0 Å². The SMILES string of the molecule is O=C1[C@H]2C[C@H](O)[C@H](C2)N1Cc1ccccc1. The number of aliphatic hydroxyl groups excluding tert-OH is 1. The molecule has 0 aromatic heterocycles. The molecule has 0 unspecified atom stereocenters. The van der Waals surface area contributed by atoms with Crippen molar-refractivity contribution < 1.29 is 9.90 Å². The summed E-state index contributed by atoms with van der Waals surface area (Å²) in [6.45, 7) is 0.637. The molecule has 3 heteroatoms. The molecule has 1 saturated heterocycles. The Morgan fingerprint density at radius 2 is 2.00 bits per heavy atom. The van der Waals surface area contributed by atoms with Gasteiger partial charge in [-0.2, -0.15) is 0 Å². The minimum absolute atomic E-state index is 0.0534. The molecule has 1 amide bonds. The van der Waals surface area contributed by atoms with E-state index in [1.165, 1.54) is 0 Å². The monoisotopic (exact) mass is 217 g/mol. The van der Waals surface area contributed by atoms with Crippen LogP contribution in [0.4, 0.5) is 0 Å². The number of likely N-dealkylation sites (tertiary alicyclic amines) is 1. The summed E-state index contributed by atoms with van der Waals surface area (Å²) in [5, 5.41) is 9.79. The second-order valence-electron chi connectivity index (χ2n) is 4.75. The van der Waals surface area contributed by atoms with Crippen LogP contribution in [0.1, 0.15) is 18.4 Å². The van der Waals surface area contributed by atoms with Gasteiger partial charge in [0.25, 0.3) is 0 Å². The topological polar surface area (TPSA) is 40.5 Å². The number of carbonyl (C=O) groups is 1. The minimum atomic E-state index is -0.314. The first kappa shape index (κ1) is 9.85. The van der Waals surface area contributed by atoms with Crippen LogP contribution in [-0.2, 0) is 11.3 Å². The number of aliphatic hydroxyl groups is 1. The first-order valence-corrected chi connectivity index (χ1v) is 5.78. The van der Waals surface area contributed by atoms with E-state index in [0.717, 1.165) is 12.0 Å². The molecule has 3 rings (SSSR count). The van der Waals surface area contributed by atoms with Crippen molar-refractivity contribution in [3.05, 3.63) is 35.9 Å². The molecular formula is C13H15NO2. The average Bonchev–Trinajstić information content (AvgIpc) is 2.80. The summed E-state index contributed by atoms with van der Waals surface area (Å²) >= 11 is 0. The van der Waals surface area contributed by atoms with Crippen LogP contribution in [-0.4, -0.2) is 28.1 Å². The summed E-state index contributed by atoms with van der Waals surface area (Å²) in [5.74, 6) is 0.294. The maximum absolute atomic E-state index is 11.9. The lowest BCUT2D eigenvalue weighted by Crippen LogP contribution is -2.43. The number of fused-ring (bicyclic) bond motifs is 2. The highest BCUT2D eigenvalue weighted by Gasteiger charge is 2.49. The lowest BCUT2D eigenvalue weighted by atomic mass is 10.1. The number of piperidine rings is 1. The number of rotatable bonds is 2. The predicted octanol–water partition coefficient (Wildman–Crippen LogP) is 1.17. The van der Waals surface area contributed by atoms with Gasteiger partial charge >= 0.3 is 0 Å². The Kier molecular flexibility index (Phi) is 2.21. The third-order valence-corrected chi connectivity index (χ3v) is 3.72. The molecule has 3 nitrogen and oxygen atoms in total. The molecule has 84 valence electrons. The zero-order valence-electron chi connectivity index (χ0n) is 9.04. The van der Waals surface area contributed by atoms with Crippen molar-refractivity contribution in [2.75, 3.05) is 0 Å². The van der Waals surface area contributed by atoms with Crippen LogP contribution in [0.3, 0.4) is 0 Å². The van der Waals surface area contributed by atoms with Crippen molar-refractivity contribution >= 4 is 5.91 Å². The molecule has 0 spiro atoms. The van der Waals surface area contributed by atoms with Gasteiger partial charge in [-0.05, 0) is 18.4 Å². The van der Waals surface area contributed by atoms with Crippen LogP contribution in [0, 0.1) is 5.92 Å². The quantitative estimate of drug-likeness (QED) is 0.807. The average molecular weight is 217 g/mol. The van der Waals surface area contributed by atoms with Crippen molar-refractivity contribution in [3.63, 3.8) is 0 Å². The van der Waals surface area contributed by atoms with Crippen LogP contribution in [0.5, 0.6) is 0 Å². The molecule has 1 N–H and O–H groups in total. The molecule has 1 heterocycles. The maximum atomic E-state index is 11.9. The molecule has 1 aliphatic heterocycles. The Morgan fingerprint density at radius 1 is 1.25 bits per heavy atom. The number of carbonyl (C=O) groups excluding carboxylic acids is 1. The molecule has 1 aromatic carbocycles. The number of benzene rings is 1. The second kappa shape index (κ2) is 3.59. The van der Waals surface area contributed by atoms with Crippen molar-refractivity contribution in [2.24, 2.45) is 5.92 Å². The molecule has 16 heavy (non-hydrogen) atoms. The van der Waals surface area contributed by atoms with Crippen molar-refractivity contribution in [3.8, 4) is 0 Å². The van der Waals surface area contributed by atoms with Gasteiger partial charge in [-0.3, -0.25) is 4.79 Å². The van der Waals surface area contributed by atoms with Gasteiger partial charge in [-0.1, -0.05) is 30.3 Å². The van der Waals surface area contributed by atoms with Gasteiger partial charge in [0, 0.05) is 12.5 Å². The lowest BCUT2D eigenvalue weighted by molar-refractivity contribution is -0.138. The fourth-order valence-electron chi connectivity index (χ4n) is 2.90. The summed E-state index contributed by atoms with van der Waals surface area (Å²) < 4.78 is 0. The van der Waals surface area contributed by atoms with Crippen molar-refractivity contribution in [2.45, 2.75) is 31.5 Å². The zero-order valence-corrected chi connectivity index (χ0v) is 9.04. The Hall–Kier alpha value is -1.35. The maximum Gasteiger partial charge on any atom is 0.226 e. The van der Waals surface area contributed by atoms with E-state index in [0.29, 0.717) is 13.0 Å². The fourth-order valence-corrected chi connectivity index (χ4v) is 2.90. The Labute approximate surface area is 94.7 Å². The number of hydrogen-bond donors (Lipinski definition) is 1. The Balaban J connectivity index is 1.79. The molecular weight excluding hydrogens is 202 g/mol. The summed E-state index contributed by atoms with van der Waals surface area (Å²) in [6, 6.07) is 10.0. The summed E-state index contributed by atoms with van der Waals surface area (Å²) in [4.78, 5) is 13.8. The zero-order chi connectivity index (χ0) is 11.1. The van der Waals surface area contributed by atoms with E-state index < -0.39 is 0 Å². The Morgan fingerprint density at radius 3 is 2.69 bits per heavy atom. The van der Waals surface area contributed by atoms with Gasteiger partial charge in [0.05, 0.1) is 12.1 Å². The molecule has 2 fully saturated rings. The van der Waals surface area contributed by atoms with Crippen LogP contribution in [0.15, 0.2) is 30.3 Å². The van der Waals surface area contributed by atoms with Gasteiger partial charge < -0.3 is 10.0 Å². The van der Waals surface area contributed by atoms with Crippen LogP contribution in [0.25, 0.3) is 0 Å². The first-order chi connectivity index (χ1) is 7.75. The second-order valence-corrected chi connectivity index (χ2v) is 4.75. The minimum Gasteiger partial charge on any atom is -0.391 e. The normalized spacial score (nSPS) is 32.4. The van der Waals surface area contributed by atoms with E-state index in [-0.39, 0.29) is 24.0 Å². The van der Waals surface area contributed by atoms with E-state index in [4.69, 9.17) is 0 Å². The lowest BCUT2D eigenvalue weighted by Gasteiger charge is -2.30. The predicted molar refractivity (Wildman–Crippen MR) is 59.5 cm³/mol. The number of amides is 1. The van der Waals surface area contributed by atoms with E-state index in [1.807, 2.05) is 35.2 Å². The highest BCUT2D eigenvalue weighted by Crippen LogP contribution is 2.39. The van der Waals surface area contributed by atoms with Gasteiger partial charge in [0.2, 0.25) is 5.91 Å². The third-order valence-electron chi connectivity index (χ3n) is 3.72. The number of nitrogens with zero attached hydrogens (tertiary/aromatic N) is 1. The highest BCUT2D eigenvalue weighted by atomic mass is 16.3. The van der Waals surface area contributed by atoms with Crippen LogP contribution < -0.4 is 0 Å². The summed E-state index contributed by atoms with van der Waals surface area (Å²) in [5.41, 5.74) is 1.13. The van der Waals surface area contributed by atoms with Crippen molar-refractivity contribution in [1.82, 2.24) is 4.90 Å². The van der Waals surface area contributed by atoms with Gasteiger partial charge in [-0.25, -0.2) is 0 Å². The smallest absolute Gasteiger partial charge is 0.226 e. The van der Waals surface area contributed by atoms with E-state index >= 15 is 0 Å². The van der Waals surface area contributed by atoms with Crippen LogP contribution in [0.2, 0.25) is 0 Å². The summed E-state index contributed by atoms with van der Waals surface area (Å²) in [6.07, 6.45) is 1.19. The molecule has 2 aliphatic rings. The molecule has 1 saturated carbocycles. The molecule has 0 radical (unpaired) electrons. The molecule has 2 bridgehead atoms. The largest absolute Gasteiger partial charge is 0.391 e. The van der Waals surface area contributed by atoms with Crippen LogP contribution >= 0.6 is 0 Å². The Bertz CT molecular complexity index is 404. The number of hydrogen-bond acceptors (Lipinski definition) is 2. The fraction of sp³-hybridized carbons (Fsp3) is 0.462. The first-order valence-electron chi connectivity index (χ1n) is 5.78. The van der Waals surface area contributed by atoms with Gasteiger partial charge in [0.15, 0.2) is 0 Å². The standard InChI is InChI=1S/C13H15NO2/c15-12-7-10-6-11(12)14(13(10)16)8-9-4-2-1-3-5-9/h1-5,10-12,15H,6-8H2/t10-,11+,12+/m1/s1. The molecule has 1 aromatic rings. The van der Waals surface area contributed by atoms with Gasteiger partial charge in [-0.15, -0.1) is 0 Å². The third kappa shape index (κ3) is 1.43. The highest BCUT2D eigenvalue weighted by molar-refractivity contribution is 5.82. The summed E-state index contributed by atoms with van der Waals surface area (Å²) in [7, 11) is 0.